The molecule has 0 saturated carbocycles. The number of alkyl halides is 3. The Bertz CT molecular complexity index is 1310. The summed E-state index contributed by atoms with van der Waals surface area (Å²) < 4.78 is 40.4. The van der Waals surface area contributed by atoms with Crippen LogP contribution in [0.25, 0.3) is 0 Å². The van der Waals surface area contributed by atoms with Crippen molar-refractivity contribution in [2.24, 2.45) is 5.92 Å². The molecule has 2 aliphatic rings. The number of rotatable bonds is 3. The number of nitrogens with zero attached hydrogens (tertiary/aromatic N) is 2. The Hall–Kier alpha value is -3.32. The van der Waals surface area contributed by atoms with Crippen molar-refractivity contribution < 1.29 is 22.8 Å². The van der Waals surface area contributed by atoms with Crippen molar-refractivity contribution in [2.75, 3.05) is 19.6 Å². The molecule has 1 fully saturated rings. The summed E-state index contributed by atoms with van der Waals surface area (Å²) in [5, 5.41) is 0.411. The summed E-state index contributed by atoms with van der Waals surface area (Å²) >= 11 is 6.06. The Morgan fingerprint density at radius 1 is 0.861 bits per heavy atom. The van der Waals surface area contributed by atoms with Crippen LogP contribution in [-0.2, 0) is 23.9 Å². The summed E-state index contributed by atoms with van der Waals surface area (Å²) in [6, 6.07) is 19.6. The molecular weight excluding hydrogens is 489 g/mol. The first-order chi connectivity index (χ1) is 17.2. The van der Waals surface area contributed by atoms with Crippen LogP contribution >= 0.6 is 11.6 Å². The smallest absolute Gasteiger partial charge is 0.338 e. The number of carbonyl (C=O) groups excluding carboxylic acids is 2. The van der Waals surface area contributed by atoms with Gasteiger partial charge in [0.15, 0.2) is 0 Å². The Balaban J connectivity index is 1.46. The van der Waals surface area contributed by atoms with Gasteiger partial charge in [-0.2, -0.15) is 13.2 Å². The van der Waals surface area contributed by atoms with E-state index < -0.39 is 23.6 Å². The van der Waals surface area contributed by atoms with Gasteiger partial charge in [-0.3, -0.25) is 9.59 Å². The number of benzene rings is 3. The van der Waals surface area contributed by atoms with E-state index in [1.165, 1.54) is 11.6 Å². The van der Waals surface area contributed by atoms with Gasteiger partial charge in [-0.15, -0.1) is 0 Å². The molecule has 4 nitrogen and oxygen atoms in total. The zero-order valence-corrected chi connectivity index (χ0v) is 20.1. The zero-order chi connectivity index (χ0) is 25.4. The molecule has 0 N–H and O–H groups in total. The fourth-order valence-corrected chi connectivity index (χ4v) is 5.42. The van der Waals surface area contributed by atoms with Gasteiger partial charge in [0.25, 0.3) is 5.91 Å². The van der Waals surface area contributed by atoms with E-state index in [0.29, 0.717) is 35.7 Å². The number of halogens is 4. The van der Waals surface area contributed by atoms with Crippen molar-refractivity contribution in [3.63, 3.8) is 0 Å². The van der Waals surface area contributed by atoms with E-state index in [1.54, 1.807) is 40.1 Å². The predicted octanol–water partition coefficient (Wildman–Crippen LogP) is 5.80. The van der Waals surface area contributed by atoms with Crippen LogP contribution in [-0.4, -0.2) is 41.2 Å². The zero-order valence-electron chi connectivity index (χ0n) is 19.3. The largest absolute Gasteiger partial charge is 0.416 e. The van der Waals surface area contributed by atoms with Crippen molar-refractivity contribution in [1.29, 1.82) is 0 Å². The SMILES string of the molecule is O=C(c1cccc(Cl)c1)N1CC(C(=O)N2CCc3ccccc3C2)C(c2cccc(C(F)(F)F)c2)C1. The Labute approximate surface area is 212 Å². The van der Waals surface area contributed by atoms with Crippen LogP contribution in [0.15, 0.2) is 72.8 Å². The van der Waals surface area contributed by atoms with Crippen LogP contribution in [0.2, 0.25) is 5.02 Å². The van der Waals surface area contributed by atoms with Gasteiger partial charge in [-0.1, -0.05) is 60.1 Å². The highest BCUT2D eigenvalue weighted by Gasteiger charge is 2.43. The lowest BCUT2D eigenvalue weighted by Crippen LogP contribution is -2.42. The maximum atomic E-state index is 13.8. The van der Waals surface area contributed by atoms with Gasteiger partial charge in [0.1, 0.15) is 0 Å². The summed E-state index contributed by atoms with van der Waals surface area (Å²) in [5.41, 5.74) is 2.28. The average Bonchev–Trinajstić information content (AvgIpc) is 3.32. The van der Waals surface area contributed by atoms with Crippen LogP contribution < -0.4 is 0 Å². The predicted molar refractivity (Wildman–Crippen MR) is 131 cm³/mol. The molecule has 2 amide bonds. The first-order valence-corrected chi connectivity index (χ1v) is 12.2. The Morgan fingerprint density at radius 2 is 1.61 bits per heavy atom. The molecule has 0 spiro atoms. The number of hydrogen-bond donors (Lipinski definition) is 0. The first-order valence-electron chi connectivity index (χ1n) is 11.8. The molecule has 186 valence electrons. The summed E-state index contributed by atoms with van der Waals surface area (Å²) in [6.07, 6.45) is -3.78. The fourth-order valence-electron chi connectivity index (χ4n) is 5.23. The normalized spacial score (nSPS) is 19.8. The Morgan fingerprint density at radius 3 is 2.36 bits per heavy atom. The van der Waals surface area contributed by atoms with Gasteiger partial charge in [-0.25, -0.2) is 0 Å². The molecule has 3 aromatic carbocycles. The number of hydrogen-bond acceptors (Lipinski definition) is 2. The highest BCUT2D eigenvalue weighted by atomic mass is 35.5. The van der Waals surface area contributed by atoms with Gasteiger partial charge in [0.2, 0.25) is 5.91 Å². The van der Waals surface area contributed by atoms with Gasteiger partial charge in [-0.05, 0) is 47.4 Å². The first kappa shape index (κ1) is 24.4. The minimum Gasteiger partial charge on any atom is -0.338 e. The van der Waals surface area contributed by atoms with Crippen molar-refractivity contribution in [3.8, 4) is 0 Å². The summed E-state index contributed by atoms with van der Waals surface area (Å²) in [4.78, 5) is 30.4. The maximum absolute atomic E-state index is 13.8. The molecule has 0 aromatic heterocycles. The lowest BCUT2D eigenvalue weighted by molar-refractivity contribution is -0.137. The van der Waals surface area contributed by atoms with Crippen LogP contribution in [0, 0.1) is 5.92 Å². The number of fused-ring (bicyclic) bond motifs is 1. The van der Waals surface area contributed by atoms with Crippen LogP contribution in [0.1, 0.15) is 38.5 Å². The molecular formula is C28H24ClF3N2O2. The number of likely N-dealkylation sites (tertiary alicyclic amines) is 1. The minimum atomic E-state index is -4.50. The van der Waals surface area contributed by atoms with Crippen LogP contribution in [0.3, 0.4) is 0 Å². The Kier molecular flexibility index (Phi) is 6.51. The summed E-state index contributed by atoms with van der Waals surface area (Å²) in [6.45, 7) is 1.25. The molecule has 3 aromatic rings. The molecule has 0 aliphatic carbocycles. The van der Waals surface area contributed by atoms with E-state index in [2.05, 4.69) is 0 Å². The fraction of sp³-hybridized carbons (Fsp3) is 0.286. The molecule has 0 bridgehead atoms. The molecule has 5 rings (SSSR count). The van der Waals surface area contributed by atoms with E-state index in [9.17, 15) is 22.8 Å². The standard InChI is InChI=1S/C28H24ClF3N2O2/c29-23-10-4-8-20(14-23)26(35)34-16-24(19-7-3-9-22(13-19)28(30,31)32)25(17-34)27(36)33-12-11-18-5-1-2-6-21(18)15-33/h1-10,13-14,24-25H,11-12,15-17H2. The molecule has 2 unspecified atom stereocenters. The van der Waals surface area contributed by atoms with E-state index >= 15 is 0 Å². The number of amides is 2. The molecule has 8 heteroatoms. The molecule has 36 heavy (non-hydrogen) atoms. The van der Waals surface area contributed by atoms with Crippen molar-refractivity contribution in [1.82, 2.24) is 9.80 Å². The molecule has 1 saturated heterocycles. The monoisotopic (exact) mass is 512 g/mol. The van der Waals surface area contributed by atoms with E-state index in [1.807, 2.05) is 24.3 Å². The number of carbonyl (C=O) groups is 2. The molecule has 2 atom stereocenters. The lowest BCUT2D eigenvalue weighted by atomic mass is 9.86. The van der Waals surface area contributed by atoms with Crippen molar-refractivity contribution in [2.45, 2.75) is 25.1 Å². The van der Waals surface area contributed by atoms with E-state index in [0.717, 1.165) is 17.7 Å². The second kappa shape index (κ2) is 9.62. The molecule has 2 heterocycles. The van der Waals surface area contributed by atoms with E-state index in [4.69, 9.17) is 11.6 Å². The van der Waals surface area contributed by atoms with Crippen molar-refractivity contribution in [3.05, 3.63) is 106 Å². The molecule has 2 aliphatic heterocycles. The van der Waals surface area contributed by atoms with Gasteiger partial charge in [0, 0.05) is 42.7 Å². The average molecular weight is 513 g/mol. The topological polar surface area (TPSA) is 40.6 Å². The van der Waals surface area contributed by atoms with Gasteiger partial charge >= 0.3 is 6.18 Å². The molecule has 0 radical (unpaired) electrons. The minimum absolute atomic E-state index is 0.128. The third-order valence-corrected chi connectivity index (χ3v) is 7.32. The quantitative estimate of drug-likeness (QED) is 0.445. The van der Waals surface area contributed by atoms with Gasteiger partial charge in [0.05, 0.1) is 11.5 Å². The van der Waals surface area contributed by atoms with E-state index in [-0.39, 0.29) is 24.9 Å². The second-order valence-electron chi connectivity index (χ2n) is 9.34. The second-order valence-corrected chi connectivity index (χ2v) is 9.77. The highest BCUT2D eigenvalue weighted by molar-refractivity contribution is 6.30. The highest BCUT2D eigenvalue weighted by Crippen LogP contribution is 2.38. The third kappa shape index (κ3) is 4.85. The summed E-state index contributed by atoms with van der Waals surface area (Å²) in [7, 11) is 0. The summed E-state index contributed by atoms with van der Waals surface area (Å²) in [5.74, 6) is -1.65. The van der Waals surface area contributed by atoms with Gasteiger partial charge < -0.3 is 9.80 Å². The van der Waals surface area contributed by atoms with Crippen molar-refractivity contribution >= 4 is 23.4 Å². The third-order valence-electron chi connectivity index (χ3n) is 7.08. The van der Waals surface area contributed by atoms with Crippen LogP contribution in [0.5, 0.6) is 0 Å². The lowest BCUT2D eigenvalue weighted by Gasteiger charge is -2.32. The van der Waals surface area contributed by atoms with Crippen LogP contribution in [0.4, 0.5) is 13.2 Å². The maximum Gasteiger partial charge on any atom is 0.416 e.